The fourth-order valence-corrected chi connectivity index (χ4v) is 4.75. The molecule has 0 bridgehead atoms. The number of nitrogens with zero attached hydrogens (tertiary/aromatic N) is 5. The van der Waals surface area contributed by atoms with Gasteiger partial charge in [0.2, 0.25) is 0 Å². The van der Waals surface area contributed by atoms with Crippen molar-refractivity contribution in [2.75, 3.05) is 11.9 Å². The van der Waals surface area contributed by atoms with E-state index in [0.717, 1.165) is 44.0 Å². The van der Waals surface area contributed by atoms with E-state index in [1.807, 2.05) is 49.0 Å². The van der Waals surface area contributed by atoms with E-state index in [2.05, 4.69) is 50.5 Å². The van der Waals surface area contributed by atoms with E-state index in [9.17, 15) is 4.79 Å². The van der Waals surface area contributed by atoms with Crippen LogP contribution in [0.15, 0.2) is 66.4 Å². The van der Waals surface area contributed by atoms with Gasteiger partial charge < -0.3 is 10.1 Å². The van der Waals surface area contributed by atoms with E-state index in [1.54, 1.807) is 29.1 Å². The summed E-state index contributed by atoms with van der Waals surface area (Å²) < 4.78 is 7.73. The van der Waals surface area contributed by atoms with Crippen LogP contribution >= 0.6 is 11.3 Å². The van der Waals surface area contributed by atoms with E-state index in [4.69, 9.17) is 4.74 Å². The van der Waals surface area contributed by atoms with Gasteiger partial charge >= 0.3 is 5.97 Å². The van der Waals surface area contributed by atoms with Gasteiger partial charge in [0.1, 0.15) is 18.2 Å². The van der Waals surface area contributed by atoms with Crippen molar-refractivity contribution in [2.45, 2.75) is 33.4 Å². The number of hydrogen-bond acceptors (Lipinski definition) is 8. The molecule has 9 heteroatoms. The fraction of sp³-hybridized carbons (Fsp3) is 0.222. The van der Waals surface area contributed by atoms with Crippen molar-refractivity contribution in [1.29, 1.82) is 0 Å². The molecule has 0 aliphatic rings. The number of aryl methyl sites for hydroxylation is 1. The predicted octanol–water partition coefficient (Wildman–Crippen LogP) is 5.66. The van der Waals surface area contributed by atoms with Gasteiger partial charge in [-0.05, 0) is 50.1 Å². The molecule has 36 heavy (non-hydrogen) atoms. The topological polar surface area (TPSA) is 94.8 Å². The number of hydrogen-bond donors (Lipinski definition) is 1. The highest BCUT2D eigenvalue weighted by molar-refractivity contribution is 7.16. The van der Waals surface area contributed by atoms with Gasteiger partial charge in [-0.3, -0.25) is 9.48 Å². The van der Waals surface area contributed by atoms with Crippen LogP contribution in [0.1, 0.15) is 31.3 Å². The molecule has 8 nitrogen and oxygen atoms in total. The molecule has 0 saturated heterocycles. The molecule has 0 aliphatic carbocycles. The van der Waals surface area contributed by atoms with Crippen molar-refractivity contribution in [1.82, 2.24) is 24.7 Å². The first-order chi connectivity index (χ1) is 17.5. The van der Waals surface area contributed by atoms with E-state index in [0.29, 0.717) is 12.4 Å². The van der Waals surface area contributed by atoms with Crippen molar-refractivity contribution in [3.63, 3.8) is 0 Å². The molecule has 0 radical (unpaired) electrons. The number of esters is 1. The number of nitrogens with one attached hydrogen (secondary N) is 1. The molecule has 182 valence electrons. The maximum atomic E-state index is 11.8. The average Bonchev–Trinajstić information content (AvgIpc) is 3.53. The van der Waals surface area contributed by atoms with E-state index in [1.165, 1.54) is 0 Å². The van der Waals surface area contributed by atoms with Gasteiger partial charge in [-0.15, -0.1) is 11.3 Å². The number of carbonyl (C=O) groups is 1. The Morgan fingerprint density at radius 3 is 2.86 bits per heavy atom. The maximum absolute atomic E-state index is 11.8. The second kappa shape index (κ2) is 10.2. The Morgan fingerprint density at radius 2 is 2.00 bits per heavy atom. The minimum Gasteiger partial charge on any atom is -0.465 e. The van der Waals surface area contributed by atoms with E-state index >= 15 is 0 Å². The van der Waals surface area contributed by atoms with E-state index in [-0.39, 0.29) is 18.6 Å². The summed E-state index contributed by atoms with van der Waals surface area (Å²) in [5.41, 5.74) is 7.82. The lowest BCUT2D eigenvalue weighted by Gasteiger charge is -2.17. The zero-order valence-electron chi connectivity index (χ0n) is 20.3. The number of anilines is 1. The fourth-order valence-electron chi connectivity index (χ4n) is 4.03. The Hall–Kier alpha value is -4.11. The number of benzene rings is 2. The Balaban J connectivity index is 1.34. The van der Waals surface area contributed by atoms with Gasteiger partial charge in [0, 0.05) is 29.4 Å². The second-order valence-electron chi connectivity index (χ2n) is 8.44. The third-order valence-corrected chi connectivity index (χ3v) is 6.57. The highest BCUT2D eigenvalue weighted by Crippen LogP contribution is 2.28. The number of carbonyl (C=O) groups excluding carboxylic acids is 1. The van der Waals surface area contributed by atoms with Gasteiger partial charge in [0.15, 0.2) is 0 Å². The third kappa shape index (κ3) is 5.26. The van der Waals surface area contributed by atoms with Crippen molar-refractivity contribution in [3.8, 4) is 22.4 Å². The largest absolute Gasteiger partial charge is 0.465 e. The molecule has 1 N–H and O–H groups in total. The molecule has 2 aromatic carbocycles. The van der Waals surface area contributed by atoms with Crippen LogP contribution < -0.4 is 5.32 Å². The minimum atomic E-state index is -0.301. The number of fused-ring (bicyclic) bond motifs is 1. The first-order valence-electron chi connectivity index (χ1n) is 11.7. The molecule has 3 heterocycles. The summed E-state index contributed by atoms with van der Waals surface area (Å²) >= 11 is 1.62. The highest BCUT2D eigenvalue weighted by Gasteiger charge is 2.12. The maximum Gasteiger partial charge on any atom is 0.327 e. The molecule has 0 spiro atoms. The highest BCUT2D eigenvalue weighted by atomic mass is 32.1. The summed E-state index contributed by atoms with van der Waals surface area (Å²) in [6.45, 7) is 6.24. The summed E-state index contributed by atoms with van der Waals surface area (Å²) in [6.07, 6.45) is 3.62. The first-order valence-corrected chi connectivity index (χ1v) is 12.6. The zero-order chi connectivity index (χ0) is 25.1. The van der Waals surface area contributed by atoms with Crippen LogP contribution in [0, 0.1) is 6.92 Å². The van der Waals surface area contributed by atoms with Gasteiger partial charge in [-0.2, -0.15) is 5.10 Å². The van der Waals surface area contributed by atoms with Crippen LogP contribution in [0.2, 0.25) is 0 Å². The molecule has 0 amide bonds. The van der Waals surface area contributed by atoms with Gasteiger partial charge in [-0.1, -0.05) is 24.3 Å². The number of rotatable bonds is 8. The first kappa shape index (κ1) is 23.6. The Morgan fingerprint density at radius 1 is 1.11 bits per heavy atom. The average molecular weight is 499 g/mol. The quantitative estimate of drug-likeness (QED) is 0.276. The zero-order valence-corrected chi connectivity index (χ0v) is 21.1. The molecule has 0 unspecified atom stereocenters. The monoisotopic (exact) mass is 498 g/mol. The smallest absolute Gasteiger partial charge is 0.327 e. The van der Waals surface area contributed by atoms with Crippen LogP contribution in [0.4, 0.5) is 5.82 Å². The number of ether oxygens (including phenoxy) is 1. The Bertz CT molecular complexity index is 1530. The van der Waals surface area contributed by atoms with Gasteiger partial charge in [0.25, 0.3) is 0 Å². The number of aromatic nitrogens is 5. The summed E-state index contributed by atoms with van der Waals surface area (Å²) in [6, 6.07) is 16.4. The van der Waals surface area contributed by atoms with Gasteiger partial charge in [-0.25, -0.2) is 15.0 Å². The Kier molecular flexibility index (Phi) is 6.73. The molecule has 0 fully saturated rings. The van der Waals surface area contributed by atoms with Crippen molar-refractivity contribution in [2.24, 2.45) is 0 Å². The normalized spacial score (nSPS) is 12.0. The van der Waals surface area contributed by atoms with Crippen molar-refractivity contribution < 1.29 is 9.53 Å². The molecular weight excluding hydrogens is 472 g/mol. The lowest BCUT2D eigenvalue weighted by Crippen LogP contribution is -2.13. The molecule has 5 aromatic rings. The molecule has 1 atom stereocenters. The van der Waals surface area contributed by atoms with Crippen molar-refractivity contribution in [3.05, 3.63) is 77.8 Å². The summed E-state index contributed by atoms with van der Waals surface area (Å²) in [5, 5.41) is 7.82. The number of thiazole rings is 1. The predicted molar refractivity (Wildman–Crippen MR) is 142 cm³/mol. The standard InChI is InChI=1S/C27H26N6O2S/c1-4-35-27(34)15-33-14-22(13-29-33)20-7-5-6-19(10-20)17(2)30-26-12-24(31-18(3)32-26)21-8-9-23-25(11-21)36-16-28-23/h5-14,16-17H,4,15H2,1-3H3,(H,30,31,32)/t17-/m0/s1. The lowest BCUT2D eigenvalue weighted by atomic mass is 10.0. The van der Waals surface area contributed by atoms with Crippen LogP contribution in [-0.4, -0.2) is 37.3 Å². The molecule has 0 aliphatic heterocycles. The van der Waals surface area contributed by atoms with Gasteiger partial charge in [0.05, 0.1) is 34.2 Å². The summed E-state index contributed by atoms with van der Waals surface area (Å²) in [5.74, 6) is 1.17. The summed E-state index contributed by atoms with van der Waals surface area (Å²) in [7, 11) is 0. The second-order valence-corrected chi connectivity index (χ2v) is 9.33. The van der Waals surface area contributed by atoms with Crippen LogP contribution in [-0.2, 0) is 16.1 Å². The summed E-state index contributed by atoms with van der Waals surface area (Å²) in [4.78, 5) is 25.4. The molecule has 3 aromatic heterocycles. The molecular formula is C27H26N6O2S. The Labute approximate surface area is 213 Å². The van der Waals surface area contributed by atoms with Crippen LogP contribution in [0.25, 0.3) is 32.6 Å². The SMILES string of the molecule is CCOC(=O)Cn1cc(-c2cccc([C@H](C)Nc3cc(-c4ccc5ncsc5c4)nc(C)n3)c2)cn1. The lowest BCUT2D eigenvalue weighted by molar-refractivity contribution is -0.144. The molecule has 5 rings (SSSR count). The molecule has 0 saturated carbocycles. The minimum absolute atomic E-state index is 0.00523. The third-order valence-electron chi connectivity index (χ3n) is 5.78. The van der Waals surface area contributed by atoms with Crippen molar-refractivity contribution >= 4 is 33.3 Å². The van der Waals surface area contributed by atoms with E-state index < -0.39 is 0 Å². The van der Waals surface area contributed by atoms with Crippen LogP contribution in [0.3, 0.4) is 0 Å². The van der Waals surface area contributed by atoms with Crippen LogP contribution in [0.5, 0.6) is 0 Å².